The Morgan fingerprint density at radius 3 is 2.14 bits per heavy atom. The van der Waals surface area contributed by atoms with E-state index in [0.717, 1.165) is 38.7 Å². The number of benzene rings is 2. The molecule has 0 spiro atoms. The van der Waals surface area contributed by atoms with Gasteiger partial charge in [-0.25, -0.2) is 0 Å². The monoisotopic (exact) mass is 500 g/mol. The summed E-state index contributed by atoms with van der Waals surface area (Å²) in [5, 5.41) is 2.73. The van der Waals surface area contributed by atoms with Crippen LogP contribution in [0.1, 0.15) is 65.9 Å². The summed E-state index contributed by atoms with van der Waals surface area (Å²) in [6, 6.07) is 23.9. The fourth-order valence-corrected chi connectivity index (χ4v) is 9.59. The molecule has 0 radical (unpaired) electrons. The first-order chi connectivity index (χ1) is 17.3. The molecule has 2 nitrogen and oxygen atoms in total. The predicted molar refractivity (Wildman–Crippen MR) is 157 cm³/mol. The second-order valence-electron chi connectivity index (χ2n) is 11.0. The molecular formula is C33H44O2Si. The fourth-order valence-electron chi connectivity index (χ4n) is 4.99. The molecule has 0 fully saturated rings. The normalized spacial score (nSPS) is 13.9. The lowest BCUT2D eigenvalue weighted by atomic mass is 10.0. The Labute approximate surface area is 220 Å². The molecule has 3 aromatic rings. The lowest BCUT2D eigenvalue weighted by molar-refractivity contribution is 0.283. The van der Waals surface area contributed by atoms with E-state index in [1.165, 1.54) is 21.5 Å². The molecule has 3 rings (SSSR count). The van der Waals surface area contributed by atoms with E-state index in [1.54, 1.807) is 6.26 Å². The Bertz CT molecular complexity index is 1020. The largest absolute Gasteiger partial charge is 0.472 e. The summed E-state index contributed by atoms with van der Waals surface area (Å²) in [5.41, 5.74) is 2.71. The van der Waals surface area contributed by atoms with Gasteiger partial charge >= 0.3 is 0 Å². The highest BCUT2D eigenvalue weighted by molar-refractivity contribution is 6.99. The second kappa shape index (κ2) is 13.6. The maximum Gasteiger partial charge on any atom is 0.261 e. The molecule has 1 atom stereocenters. The van der Waals surface area contributed by atoms with Gasteiger partial charge in [0.1, 0.15) is 0 Å². The van der Waals surface area contributed by atoms with Gasteiger partial charge in [0.15, 0.2) is 0 Å². The van der Waals surface area contributed by atoms with Crippen molar-refractivity contribution < 1.29 is 8.84 Å². The van der Waals surface area contributed by atoms with Crippen molar-refractivity contribution in [3.8, 4) is 0 Å². The molecule has 1 heterocycles. The fraction of sp³-hybridized carbons (Fsp3) is 0.394. The molecule has 0 saturated carbocycles. The van der Waals surface area contributed by atoms with Crippen molar-refractivity contribution in [1.82, 2.24) is 0 Å². The Kier molecular flexibility index (Phi) is 10.6. The topological polar surface area (TPSA) is 22.4 Å². The first kappa shape index (κ1) is 28.0. The molecule has 0 aliphatic carbocycles. The van der Waals surface area contributed by atoms with Crippen LogP contribution in [-0.4, -0.2) is 14.9 Å². The Morgan fingerprint density at radius 1 is 0.944 bits per heavy atom. The summed E-state index contributed by atoms with van der Waals surface area (Å²) in [6.45, 7) is 12.3. The molecule has 3 heteroatoms. The number of allylic oxidation sites excluding steroid dienone is 4. The van der Waals surface area contributed by atoms with Gasteiger partial charge < -0.3 is 8.84 Å². The van der Waals surface area contributed by atoms with Crippen LogP contribution in [-0.2, 0) is 10.8 Å². The van der Waals surface area contributed by atoms with Crippen molar-refractivity contribution in [1.29, 1.82) is 0 Å². The zero-order valence-corrected chi connectivity index (χ0v) is 23.9. The Morgan fingerprint density at radius 2 is 1.58 bits per heavy atom. The van der Waals surface area contributed by atoms with Gasteiger partial charge in [0.05, 0.1) is 12.5 Å². The predicted octanol–water partition coefficient (Wildman–Crippen LogP) is 8.10. The summed E-state index contributed by atoms with van der Waals surface area (Å²) in [5.74, 6) is 0.530. The van der Waals surface area contributed by atoms with Crippen LogP contribution in [0.3, 0.4) is 0 Å². The maximum atomic E-state index is 7.03. The summed E-state index contributed by atoms with van der Waals surface area (Å²) >= 11 is 0. The van der Waals surface area contributed by atoms with Crippen molar-refractivity contribution in [2.75, 3.05) is 6.61 Å². The van der Waals surface area contributed by atoms with Gasteiger partial charge in [-0.3, -0.25) is 0 Å². The summed E-state index contributed by atoms with van der Waals surface area (Å²) in [4.78, 5) is 0. The van der Waals surface area contributed by atoms with E-state index in [9.17, 15) is 0 Å². The van der Waals surface area contributed by atoms with Crippen LogP contribution in [0.5, 0.6) is 0 Å². The maximum absolute atomic E-state index is 7.03. The van der Waals surface area contributed by atoms with Gasteiger partial charge in [0, 0.05) is 6.61 Å². The Balaban J connectivity index is 1.55. The minimum atomic E-state index is -2.43. The average Bonchev–Trinajstić information content (AvgIpc) is 3.38. The molecule has 192 valence electrons. The summed E-state index contributed by atoms with van der Waals surface area (Å²) in [6.07, 6.45) is 16.0. The van der Waals surface area contributed by atoms with Gasteiger partial charge in [0.2, 0.25) is 0 Å². The van der Waals surface area contributed by atoms with E-state index in [2.05, 4.69) is 120 Å². The van der Waals surface area contributed by atoms with Crippen LogP contribution in [0.4, 0.5) is 0 Å². The first-order valence-electron chi connectivity index (χ1n) is 13.4. The van der Waals surface area contributed by atoms with Gasteiger partial charge in [0.25, 0.3) is 8.32 Å². The number of rotatable bonds is 13. The number of aryl methyl sites for hydroxylation is 1. The molecule has 0 saturated heterocycles. The molecule has 0 aliphatic rings. The second-order valence-corrected chi connectivity index (χ2v) is 15.3. The molecule has 0 amide bonds. The molecule has 0 N–H and O–H groups in total. The van der Waals surface area contributed by atoms with Gasteiger partial charge in [-0.15, -0.1) is 0 Å². The van der Waals surface area contributed by atoms with Crippen LogP contribution in [0.2, 0.25) is 5.04 Å². The molecule has 0 bridgehead atoms. The summed E-state index contributed by atoms with van der Waals surface area (Å²) in [7, 11) is -2.43. The van der Waals surface area contributed by atoms with E-state index >= 15 is 0 Å². The van der Waals surface area contributed by atoms with E-state index in [1.807, 2.05) is 6.26 Å². The van der Waals surface area contributed by atoms with Crippen molar-refractivity contribution >= 4 is 18.7 Å². The minimum Gasteiger partial charge on any atom is -0.472 e. The van der Waals surface area contributed by atoms with Crippen molar-refractivity contribution in [2.24, 2.45) is 5.92 Å². The SMILES string of the molecule is C/C(=C\C=C\C(C)CCCO[Si](c1ccccc1)(c1ccccc1)C(C)(C)C)CCCc1ccoc1. The smallest absolute Gasteiger partial charge is 0.261 e. The molecular weight excluding hydrogens is 456 g/mol. The van der Waals surface area contributed by atoms with Crippen LogP contribution < -0.4 is 10.4 Å². The molecule has 1 unspecified atom stereocenters. The van der Waals surface area contributed by atoms with Crippen LogP contribution in [0, 0.1) is 5.92 Å². The van der Waals surface area contributed by atoms with Crippen molar-refractivity contribution in [2.45, 2.75) is 71.8 Å². The standard InChI is InChI=1S/C33H44O2Si/c1-28(17-13-19-30-24-26-34-27-30)15-12-16-29(2)18-14-25-35-36(33(3,4)5,31-20-8-6-9-21-31)32-22-10-7-11-23-32/h6-12,15-16,20-24,26-27,29H,13-14,17-19,25H2,1-5H3/b16-12+,28-15+. The summed E-state index contributed by atoms with van der Waals surface area (Å²) < 4.78 is 12.2. The average molecular weight is 501 g/mol. The number of furan rings is 1. The highest BCUT2D eigenvalue weighted by Gasteiger charge is 2.49. The van der Waals surface area contributed by atoms with E-state index in [-0.39, 0.29) is 5.04 Å². The van der Waals surface area contributed by atoms with Crippen LogP contribution in [0.25, 0.3) is 0 Å². The van der Waals surface area contributed by atoms with Crippen LogP contribution in [0.15, 0.2) is 107 Å². The Hall–Kier alpha value is -2.62. The van der Waals surface area contributed by atoms with Crippen molar-refractivity contribution in [3.05, 3.63) is 109 Å². The van der Waals surface area contributed by atoms with Gasteiger partial charge in [-0.2, -0.15) is 0 Å². The molecule has 1 aromatic heterocycles. The zero-order chi connectivity index (χ0) is 25.9. The molecule has 0 aliphatic heterocycles. The quantitative estimate of drug-likeness (QED) is 0.134. The molecule has 2 aromatic carbocycles. The van der Waals surface area contributed by atoms with E-state index in [0.29, 0.717) is 5.92 Å². The highest BCUT2D eigenvalue weighted by atomic mass is 28.4. The lowest BCUT2D eigenvalue weighted by Gasteiger charge is -2.43. The van der Waals surface area contributed by atoms with Gasteiger partial charge in [-0.05, 0) is 72.0 Å². The number of hydrogen-bond acceptors (Lipinski definition) is 2. The van der Waals surface area contributed by atoms with Gasteiger partial charge in [-0.1, -0.05) is 112 Å². The lowest BCUT2D eigenvalue weighted by Crippen LogP contribution is -2.66. The highest BCUT2D eigenvalue weighted by Crippen LogP contribution is 2.36. The first-order valence-corrected chi connectivity index (χ1v) is 15.3. The zero-order valence-electron chi connectivity index (χ0n) is 22.9. The van der Waals surface area contributed by atoms with E-state index < -0.39 is 8.32 Å². The molecule has 36 heavy (non-hydrogen) atoms. The van der Waals surface area contributed by atoms with Crippen LogP contribution >= 0.6 is 0 Å². The third kappa shape index (κ3) is 7.69. The third-order valence-corrected chi connectivity index (χ3v) is 12.0. The van der Waals surface area contributed by atoms with E-state index in [4.69, 9.17) is 8.84 Å². The number of hydrogen-bond donors (Lipinski definition) is 0. The van der Waals surface area contributed by atoms with Crippen molar-refractivity contribution in [3.63, 3.8) is 0 Å². The third-order valence-electron chi connectivity index (χ3n) is 6.98. The minimum absolute atomic E-state index is 0.0289.